The number of fused-ring (bicyclic) bond motifs is 1. The number of nitriles is 1. The van der Waals surface area contributed by atoms with Gasteiger partial charge in [0.15, 0.2) is 0 Å². The standard InChI is InChI=1S/C23H22N4O3/c1-14(2)13-25-23(29)19(12-24)20-17-6-4-5-7-18(17)21(26-20)27-22(28)15-8-10-16(30-3)11-9-15/h4-11,14H,13H2,1-3H3,(H,25,29)(H,26,27,28). The molecule has 1 aliphatic heterocycles. The van der Waals surface area contributed by atoms with Gasteiger partial charge in [0, 0.05) is 23.2 Å². The van der Waals surface area contributed by atoms with Crippen LogP contribution in [0.2, 0.25) is 0 Å². The molecule has 0 spiro atoms. The first kappa shape index (κ1) is 20.8. The summed E-state index contributed by atoms with van der Waals surface area (Å²) in [7, 11) is 1.55. The Bertz CT molecular complexity index is 1080. The number of ether oxygens (including phenoxy) is 1. The molecule has 0 saturated heterocycles. The number of aliphatic imine (C=N–C) groups is 1. The molecular weight excluding hydrogens is 380 g/mol. The van der Waals surface area contributed by atoms with Crippen LogP contribution in [-0.2, 0) is 4.79 Å². The maximum Gasteiger partial charge on any atom is 0.264 e. The van der Waals surface area contributed by atoms with Gasteiger partial charge in [-0.05, 0) is 30.2 Å². The zero-order valence-electron chi connectivity index (χ0n) is 17.0. The van der Waals surface area contributed by atoms with Crippen molar-refractivity contribution in [3.8, 4) is 11.8 Å². The van der Waals surface area contributed by atoms with Crippen LogP contribution in [0.25, 0.3) is 5.70 Å². The number of hydrogen-bond donors (Lipinski definition) is 2. The minimum absolute atomic E-state index is 0.0863. The number of nitrogens with zero attached hydrogens (tertiary/aromatic N) is 2. The lowest BCUT2D eigenvalue weighted by atomic mass is 10.0. The molecule has 0 bridgehead atoms. The Morgan fingerprint density at radius 1 is 1.10 bits per heavy atom. The molecule has 2 aromatic carbocycles. The largest absolute Gasteiger partial charge is 0.497 e. The zero-order valence-corrected chi connectivity index (χ0v) is 17.0. The number of amidine groups is 1. The average Bonchev–Trinajstić information content (AvgIpc) is 3.11. The van der Waals surface area contributed by atoms with E-state index in [-0.39, 0.29) is 23.1 Å². The summed E-state index contributed by atoms with van der Waals surface area (Å²) in [6.07, 6.45) is 0. The lowest BCUT2D eigenvalue weighted by Gasteiger charge is -2.08. The summed E-state index contributed by atoms with van der Waals surface area (Å²) < 4.78 is 5.11. The van der Waals surface area contributed by atoms with Gasteiger partial charge in [-0.15, -0.1) is 0 Å². The van der Waals surface area contributed by atoms with Gasteiger partial charge in [0.05, 0.1) is 12.8 Å². The van der Waals surface area contributed by atoms with Crippen molar-refractivity contribution < 1.29 is 14.3 Å². The molecule has 1 aliphatic rings. The lowest BCUT2D eigenvalue weighted by Crippen LogP contribution is -2.30. The van der Waals surface area contributed by atoms with Crippen LogP contribution in [0.1, 0.15) is 35.3 Å². The maximum absolute atomic E-state index is 12.7. The molecule has 2 amide bonds. The monoisotopic (exact) mass is 402 g/mol. The van der Waals surface area contributed by atoms with E-state index < -0.39 is 5.91 Å². The molecule has 0 aliphatic carbocycles. The molecule has 7 heteroatoms. The van der Waals surface area contributed by atoms with Crippen LogP contribution in [0.5, 0.6) is 5.75 Å². The molecule has 1 heterocycles. The van der Waals surface area contributed by atoms with E-state index in [2.05, 4.69) is 15.6 Å². The Hall–Kier alpha value is -3.92. The van der Waals surface area contributed by atoms with Gasteiger partial charge in [-0.1, -0.05) is 38.1 Å². The molecule has 0 unspecified atom stereocenters. The summed E-state index contributed by atoms with van der Waals surface area (Å²) in [5.74, 6) is 0.354. The van der Waals surface area contributed by atoms with E-state index in [0.29, 0.717) is 34.8 Å². The van der Waals surface area contributed by atoms with E-state index in [1.807, 2.05) is 26.0 Å². The first-order valence-electron chi connectivity index (χ1n) is 9.51. The van der Waals surface area contributed by atoms with Crippen molar-refractivity contribution in [1.82, 2.24) is 10.6 Å². The van der Waals surface area contributed by atoms with Gasteiger partial charge in [-0.3, -0.25) is 9.59 Å². The van der Waals surface area contributed by atoms with Gasteiger partial charge in [0.1, 0.15) is 23.2 Å². The first-order chi connectivity index (χ1) is 14.4. The normalized spacial score (nSPS) is 13.8. The third kappa shape index (κ3) is 4.39. The van der Waals surface area contributed by atoms with Crippen LogP contribution in [-0.4, -0.2) is 31.3 Å². The predicted molar refractivity (Wildman–Crippen MR) is 114 cm³/mol. The highest BCUT2D eigenvalue weighted by Gasteiger charge is 2.27. The SMILES string of the molecule is COc1ccc(C(=O)NC2=NC(=C(C#N)C(=O)NCC(C)C)c3ccccc32)cc1. The smallest absolute Gasteiger partial charge is 0.264 e. The van der Waals surface area contributed by atoms with Gasteiger partial charge >= 0.3 is 0 Å². The fraction of sp³-hybridized carbons (Fsp3) is 0.217. The summed E-state index contributed by atoms with van der Waals surface area (Å²) in [4.78, 5) is 29.6. The summed E-state index contributed by atoms with van der Waals surface area (Å²) >= 11 is 0. The van der Waals surface area contributed by atoms with Gasteiger partial charge in [0.25, 0.3) is 11.8 Å². The Morgan fingerprint density at radius 3 is 2.37 bits per heavy atom. The van der Waals surface area contributed by atoms with Crippen molar-refractivity contribution in [3.63, 3.8) is 0 Å². The molecule has 0 atom stereocenters. The molecule has 30 heavy (non-hydrogen) atoms. The van der Waals surface area contributed by atoms with Crippen LogP contribution >= 0.6 is 0 Å². The summed E-state index contributed by atoms with van der Waals surface area (Å²) in [5.41, 5.74) is 1.87. The van der Waals surface area contributed by atoms with Crippen molar-refractivity contribution in [2.45, 2.75) is 13.8 Å². The third-order valence-electron chi connectivity index (χ3n) is 4.49. The fourth-order valence-electron chi connectivity index (χ4n) is 2.93. The maximum atomic E-state index is 12.7. The van der Waals surface area contributed by atoms with Crippen LogP contribution in [0, 0.1) is 17.2 Å². The zero-order chi connectivity index (χ0) is 21.7. The van der Waals surface area contributed by atoms with Crippen molar-refractivity contribution in [2.75, 3.05) is 13.7 Å². The van der Waals surface area contributed by atoms with E-state index in [4.69, 9.17) is 4.74 Å². The first-order valence-corrected chi connectivity index (χ1v) is 9.51. The minimum atomic E-state index is -0.484. The second kappa shape index (κ2) is 9.05. The number of nitrogens with one attached hydrogen (secondary N) is 2. The number of amides is 2. The van der Waals surface area contributed by atoms with Crippen LogP contribution < -0.4 is 15.4 Å². The van der Waals surface area contributed by atoms with Crippen molar-refractivity contribution >= 4 is 23.3 Å². The van der Waals surface area contributed by atoms with Crippen LogP contribution in [0.4, 0.5) is 0 Å². The lowest BCUT2D eigenvalue weighted by molar-refractivity contribution is -0.117. The molecule has 2 aromatic rings. The molecule has 2 N–H and O–H groups in total. The molecule has 0 radical (unpaired) electrons. The van der Waals surface area contributed by atoms with Gasteiger partial charge in [0.2, 0.25) is 0 Å². The molecule has 3 rings (SSSR count). The van der Waals surface area contributed by atoms with E-state index in [9.17, 15) is 14.9 Å². The number of hydrogen-bond acceptors (Lipinski definition) is 5. The Kier molecular flexibility index (Phi) is 6.28. The number of carbonyl (C=O) groups is 2. The van der Waals surface area contributed by atoms with E-state index >= 15 is 0 Å². The number of rotatable bonds is 5. The van der Waals surface area contributed by atoms with Crippen molar-refractivity contribution in [1.29, 1.82) is 5.26 Å². The van der Waals surface area contributed by atoms with Crippen molar-refractivity contribution in [3.05, 3.63) is 70.8 Å². The highest BCUT2D eigenvalue weighted by Crippen LogP contribution is 2.30. The third-order valence-corrected chi connectivity index (χ3v) is 4.49. The van der Waals surface area contributed by atoms with Gasteiger partial charge < -0.3 is 15.4 Å². The number of benzene rings is 2. The number of carbonyl (C=O) groups excluding carboxylic acids is 2. The highest BCUT2D eigenvalue weighted by molar-refractivity contribution is 6.20. The average molecular weight is 402 g/mol. The fourth-order valence-corrected chi connectivity index (χ4v) is 2.93. The summed E-state index contributed by atoms with van der Waals surface area (Å²) in [5, 5.41) is 15.1. The quantitative estimate of drug-likeness (QED) is 0.593. The molecule has 7 nitrogen and oxygen atoms in total. The number of methoxy groups -OCH3 is 1. The molecule has 152 valence electrons. The topological polar surface area (TPSA) is 104 Å². The van der Waals surface area contributed by atoms with Crippen molar-refractivity contribution in [2.24, 2.45) is 10.9 Å². The Labute approximate surface area is 175 Å². The Balaban J connectivity index is 1.94. The van der Waals surface area contributed by atoms with Crippen LogP contribution in [0.15, 0.2) is 59.1 Å². The minimum Gasteiger partial charge on any atom is -0.497 e. The van der Waals surface area contributed by atoms with Crippen LogP contribution in [0.3, 0.4) is 0 Å². The van der Waals surface area contributed by atoms with E-state index in [0.717, 1.165) is 0 Å². The molecular formula is C23H22N4O3. The van der Waals surface area contributed by atoms with Gasteiger partial charge in [-0.2, -0.15) is 5.26 Å². The summed E-state index contributed by atoms with van der Waals surface area (Å²) in [6, 6.07) is 15.8. The predicted octanol–water partition coefficient (Wildman–Crippen LogP) is 2.89. The van der Waals surface area contributed by atoms with E-state index in [1.54, 1.807) is 49.6 Å². The van der Waals surface area contributed by atoms with Gasteiger partial charge in [-0.25, -0.2) is 4.99 Å². The molecule has 0 aromatic heterocycles. The van der Waals surface area contributed by atoms with E-state index in [1.165, 1.54) is 0 Å². The molecule has 0 saturated carbocycles. The second-order valence-electron chi connectivity index (χ2n) is 7.13. The second-order valence-corrected chi connectivity index (χ2v) is 7.13. The summed E-state index contributed by atoms with van der Waals surface area (Å²) in [6.45, 7) is 4.38. The Morgan fingerprint density at radius 2 is 1.77 bits per heavy atom. The molecule has 0 fully saturated rings. The highest BCUT2D eigenvalue weighted by atomic mass is 16.5.